The number of benzene rings is 1. The topological polar surface area (TPSA) is 59.0 Å². The van der Waals surface area contributed by atoms with Crippen molar-refractivity contribution >= 4 is 5.91 Å². The quantitative estimate of drug-likeness (QED) is 0.894. The van der Waals surface area contributed by atoms with Gasteiger partial charge in [0.05, 0.1) is 11.6 Å². The van der Waals surface area contributed by atoms with Crippen LogP contribution in [0.3, 0.4) is 0 Å². The number of carbonyl (C=O) groups is 1. The fourth-order valence-electron chi connectivity index (χ4n) is 2.70. The molecule has 110 valence electrons. The Morgan fingerprint density at radius 1 is 1.38 bits per heavy atom. The Morgan fingerprint density at radius 2 is 2.29 bits per heavy atom. The first-order valence-electron chi connectivity index (χ1n) is 7.41. The smallest absolute Gasteiger partial charge is 0.224 e. The molecule has 0 radical (unpaired) electrons. The monoisotopic (exact) mass is 284 g/mol. The zero-order chi connectivity index (χ0) is 14.5. The Morgan fingerprint density at radius 3 is 3.05 bits per heavy atom. The molecule has 1 aromatic heterocycles. The summed E-state index contributed by atoms with van der Waals surface area (Å²) in [5.74, 6) is 0.230. The van der Waals surface area contributed by atoms with Crippen LogP contribution in [0.5, 0.6) is 0 Å². The third-order valence-corrected chi connectivity index (χ3v) is 3.86. The molecule has 0 saturated carbocycles. The number of piperidine rings is 1. The lowest BCUT2D eigenvalue weighted by atomic mass is 9.99. The molecule has 1 atom stereocenters. The van der Waals surface area contributed by atoms with Crippen LogP contribution in [0, 0.1) is 5.92 Å². The highest BCUT2D eigenvalue weighted by Crippen LogP contribution is 2.14. The van der Waals surface area contributed by atoms with Crippen LogP contribution in [0.2, 0.25) is 0 Å². The van der Waals surface area contributed by atoms with Gasteiger partial charge in [0.1, 0.15) is 0 Å². The number of nitrogens with one attached hydrogen (secondary N) is 2. The summed E-state index contributed by atoms with van der Waals surface area (Å²) in [6.45, 7) is 2.34. The molecular formula is C16H20N4O. The minimum absolute atomic E-state index is 0.0932. The lowest BCUT2D eigenvalue weighted by molar-refractivity contribution is -0.125. The number of carbonyl (C=O) groups excluding carboxylic acids is 1. The molecule has 1 aliphatic rings. The largest absolute Gasteiger partial charge is 0.352 e. The molecule has 2 heterocycles. The van der Waals surface area contributed by atoms with Gasteiger partial charge in [-0.3, -0.25) is 4.79 Å². The highest BCUT2D eigenvalue weighted by atomic mass is 16.1. The highest BCUT2D eigenvalue weighted by Gasteiger charge is 2.20. The molecule has 2 aromatic rings. The number of aromatic nitrogens is 2. The van der Waals surface area contributed by atoms with Crippen molar-refractivity contribution in [3.8, 4) is 5.69 Å². The van der Waals surface area contributed by atoms with E-state index in [1.54, 1.807) is 6.20 Å². The van der Waals surface area contributed by atoms with Crippen molar-refractivity contribution in [2.45, 2.75) is 19.4 Å². The lowest BCUT2D eigenvalue weighted by Gasteiger charge is -2.22. The molecule has 2 N–H and O–H groups in total. The molecule has 1 fully saturated rings. The maximum Gasteiger partial charge on any atom is 0.224 e. The first-order valence-corrected chi connectivity index (χ1v) is 7.41. The molecule has 1 aliphatic heterocycles. The number of para-hydroxylation sites is 1. The molecule has 5 nitrogen and oxygen atoms in total. The summed E-state index contributed by atoms with van der Waals surface area (Å²) in [6.07, 6.45) is 5.70. The Hall–Kier alpha value is -2.14. The standard InChI is InChI=1S/C16H20N4O/c21-16(14-6-3-8-17-11-14)18-12-13-5-1-2-7-15(13)20-10-4-9-19-20/h1-2,4-5,7,9-10,14,17H,3,6,8,11-12H2,(H,18,21)/t14-/m1/s1. The van der Waals surface area contributed by atoms with Gasteiger partial charge in [0.25, 0.3) is 0 Å². The molecule has 1 aromatic carbocycles. The van der Waals surface area contributed by atoms with Crippen molar-refractivity contribution < 1.29 is 4.79 Å². The maximum atomic E-state index is 12.2. The van der Waals surface area contributed by atoms with Crippen LogP contribution in [-0.2, 0) is 11.3 Å². The number of nitrogens with zero attached hydrogens (tertiary/aromatic N) is 2. The summed E-state index contributed by atoms with van der Waals surface area (Å²) in [6, 6.07) is 9.89. The van der Waals surface area contributed by atoms with E-state index in [1.165, 1.54) is 0 Å². The van der Waals surface area contributed by atoms with Gasteiger partial charge in [0.2, 0.25) is 5.91 Å². The second-order valence-corrected chi connectivity index (χ2v) is 5.34. The summed E-state index contributed by atoms with van der Waals surface area (Å²) in [4.78, 5) is 12.2. The number of hydrogen-bond donors (Lipinski definition) is 2. The molecule has 5 heteroatoms. The number of hydrogen-bond acceptors (Lipinski definition) is 3. The third kappa shape index (κ3) is 3.31. The molecule has 1 saturated heterocycles. The van der Waals surface area contributed by atoms with Crippen LogP contribution < -0.4 is 10.6 Å². The zero-order valence-corrected chi connectivity index (χ0v) is 12.0. The van der Waals surface area contributed by atoms with Gasteiger partial charge in [0, 0.05) is 25.5 Å². The Kier molecular flexibility index (Phi) is 4.31. The first kappa shape index (κ1) is 13.8. The van der Waals surface area contributed by atoms with Gasteiger partial charge >= 0.3 is 0 Å². The number of amides is 1. The summed E-state index contributed by atoms with van der Waals surface area (Å²) in [5.41, 5.74) is 2.07. The second-order valence-electron chi connectivity index (χ2n) is 5.34. The van der Waals surface area contributed by atoms with E-state index in [-0.39, 0.29) is 11.8 Å². The molecule has 0 bridgehead atoms. The molecule has 0 spiro atoms. The second kappa shape index (κ2) is 6.54. The Labute approximate surface area is 124 Å². The molecule has 0 unspecified atom stereocenters. The van der Waals surface area contributed by atoms with Gasteiger partial charge in [-0.2, -0.15) is 5.10 Å². The van der Waals surface area contributed by atoms with Gasteiger partial charge in [-0.1, -0.05) is 18.2 Å². The lowest BCUT2D eigenvalue weighted by Crippen LogP contribution is -2.40. The van der Waals surface area contributed by atoms with Crippen molar-refractivity contribution in [1.29, 1.82) is 0 Å². The molecular weight excluding hydrogens is 264 g/mol. The van der Waals surface area contributed by atoms with Gasteiger partial charge in [-0.25, -0.2) is 4.68 Å². The van der Waals surface area contributed by atoms with Crippen LogP contribution in [0.4, 0.5) is 0 Å². The summed E-state index contributed by atoms with van der Waals surface area (Å²) >= 11 is 0. The van der Waals surface area contributed by atoms with Crippen LogP contribution in [0.1, 0.15) is 18.4 Å². The van der Waals surface area contributed by atoms with Gasteiger partial charge in [-0.15, -0.1) is 0 Å². The van der Waals surface area contributed by atoms with E-state index < -0.39 is 0 Å². The van der Waals surface area contributed by atoms with E-state index in [0.717, 1.165) is 37.2 Å². The van der Waals surface area contributed by atoms with Crippen LogP contribution >= 0.6 is 0 Å². The minimum atomic E-state index is 0.0932. The van der Waals surface area contributed by atoms with E-state index >= 15 is 0 Å². The summed E-state index contributed by atoms with van der Waals surface area (Å²) in [5, 5.41) is 10.6. The van der Waals surface area contributed by atoms with Gasteiger partial charge in [0.15, 0.2) is 0 Å². The van der Waals surface area contributed by atoms with Crippen LogP contribution in [0.15, 0.2) is 42.7 Å². The summed E-state index contributed by atoms with van der Waals surface area (Å²) < 4.78 is 1.82. The normalized spacial score (nSPS) is 18.4. The van der Waals surface area contributed by atoms with Crippen molar-refractivity contribution in [2.24, 2.45) is 5.92 Å². The van der Waals surface area contributed by atoms with Crippen molar-refractivity contribution in [3.63, 3.8) is 0 Å². The average Bonchev–Trinajstić information content (AvgIpc) is 3.08. The maximum absolute atomic E-state index is 12.2. The van der Waals surface area contributed by atoms with Gasteiger partial charge < -0.3 is 10.6 Å². The van der Waals surface area contributed by atoms with E-state index in [0.29, 0.717) is 6.54 Å². The average molecular weight is 284 g/mol. The molecule has 0 aliphatic carbocycles. The molecule has 1 amide bonds. The van der Waals surface area contributed by atoms with E-state index in [9.17, 15) is 4.79 Å². The predicted molar refractivity (Wildman–Crippen MR) is 81.0 cm³/mol. The Bertz CT molecular complexity index is 588. The highest BCUT2D eigenvalue weighted by molar-refractivity contribution is 5.79. The first-order chi connectivity index (χ1) is 10.3. The van der Waals surface area contributed by atoms with E-state index in [2.05, 4.69) is 15.7 Å². The van der Waals surface area contributed by atoms with E-state index in [1.807, 2.05) is 41.2 Å². The van der Waals surface area contributed by atoms with Crippen molar-refractivity contribution in [3.05, 3.63) is 48.3 Å². The van der Waals surface area contributed by atoms with Gasteiger partial charge in [-0.05, 0) is 37.1 Å². The fraction of sp³-hybridized carbons (Fsp3) is 0.375. The zero-order valence-electron chi connectivity index (χ0n) is 12.0. The SMILES string of the molecule is O=C(NCc1ccccc1-n1cccn1)[C@@H]1CCCNC1. The van der Waals surface area contributed by atoms with Crippen molar-refractivity contribution in [1.82, 2.24) is 20.4 Å². The Balaban J connectivity index is 1.66. The van der Waals surface area contributed by atoms with Crippen LogP contribution in [0.25, 0.3) is 5.69 Å². The third-order valence-electron chi connectivity index (χ3n) is 3.86. The van der Waals surface area contributed by atoms with Crippen molar-refractivity contribution in [2.75, 3.05) is 13.1 Å². The molecule has 21 heavy (non-hydrogen) atoms. The fourth-order valence-corrected chi connectivity index (χ4v) is 2.70. The molecule has 3 rings (SSSR count). The predicted octanol–water partition coefficient (Wildman–Crippen LogP) is 1.49. The number of rotatable bonds is 4. The van der Waals surface area contributed by atoms with Crippen LogP contribution in [-0.4, -0.2) is 28.8 Å². The van der Waals surface area contributed by atoms with E-state index in [4.69, 9.17) is 0 Å². The minimum Gasteiger partial charge on any atom is -0.352 e. The summed E-state index contributed by atoms with van der Waals surface area (Å²) in [7, 11) is 0.